The van der Waals surface area contributed by atoms with Crippen LogP contribution >= 0.6 is 0 Å². The maximum atomic E-state index is 12.5. The molecule has 1 unspecified atom stereocenters. The van der Waals surface area contributed by atoms with Crippen molar-refractivity contribution in [3.8, 4) is 0 Å². The van der Waals surface area contributed by atoms with Gasteiger partial charge in [0.05, 0.1) is 0 Å². The summed E-state index contributed by atoms with van der Waals surface area (Å²) in [6.45, 7) is 7.07. The molecule has 0 N–H and O–H groups in total. The topological polar surface area (TPSA) is 37.4 Å². The molecule has 0 fully saturated rings. The number of hydrogen-bond acceptors (Lipinski definition) is 2. The van der Waals surface area contributed by atoms with Crippen LogP contribution in [-0.4, -0.2) is 31.1 Å². The highest BCUT2D eigenvalue weighted by Crippen LogP contribution is 2.16. The van der Waals surface area contributed by atoms with Crippen molar-refractivity contribution in [3.05, 3.63) is 36.0 Å². The predicted octanol–water partition coefficient (Wildman–Crippen LogP) is 2.88. The fourth-order valence-electron chi connectivity index (χ4n) is 1.85. The first-order valence-corrected chi connectivity index (χ1v) is 8.05. The molecule has 0 heterocycles. The molecule has 1 aliphatic rings. The van der Waals surface area contributed by atoms with Gasteiger partial charge in [0.1, 0.15) is 5.25 Å². The Bertz CT molecular complexity index is 446. The standard InChI is InChI=1S/C14H23NO2S/c1-4-6-12-15(5-2)18(16,17)14-9-7-8-13(3)10-11-14/h7-11,14H,4-6,12H2,1-3H3. The second-order valence-corrected chi connectivity index (χ2v) is 6.60. The molecule has 1 atom stereocenters. The number of sulfonamides is 1. The van der Waals surface area contributed by atoms with Crippen LogP contribution in [0.2, 0.25) is 0 Å². The van der Waals surface area contributed by atoms with Crippen LogP contribution in [0.1, 0.15) is 33.6 Å². The van der Waals surface area contributed by atoms with Crippen molar-refractivity contribution in [2.24, 2.45) is 0 Å². The highest BCUT2D eigenvalue weighted by atomic mass is 32.2. The van der Waals surface area contributed by atoms with Gasteiger partial charge in [0, 0.05) is 13.1 Å². The number of allylic oxidation sites excluding steroid dienone is 4. The molecule has 0 aromatic heterocycles. The lowest BCUT2D eigenvalue weighted by Crippen LogP contribution is -2.37. The molecule has 1 rings (SSSR count). The Morgan fingerprint density at radius 3 is 2.61 bits per heavy atom. The minimum absolute atomic E-state index is 0.535. The zero-order chi connectivity index (χ0) is 13.6. The normalized spacial score (nSPS) is 20.0. The molecule has 0 saturated heterocycles. The van der Waals surface area contributed by atoms with E-state index in [1.54, 1.807) is 16.5 Å². The van der Waals surface area contributed by atoms with Crippen molar-refractivity contribution in [3.63, 3.8) is 0 Å². The van der Waals surface area contributed by atoms with Gasteiger partial charge in [-0.05, 0) is 13.3 Å². The number of nitrogens with zero attached hydrogens (tertiary/aromatic N) is 1. The Morgan fingerprint density at radius 1 is 1.28 bits per heavy atom. The van der Waals surface area contributed by atoms with Gasteiger partial charge in [0.15, 0.2) is 0 Å². The molecule has 1 aliphatic carbocycles. The van der Waals surface area contributed by atoms with E-state index in [0.717, 1.165) is 18.4 Å². The Balaban J connectivity index is 2.88. The largest absolute Gasteiger partial charge is 0.224 e. The van der Waals surface area contributed by atoms with Crippen molar-refractivity contribution in [1.29, 1.82) is 0 Å². The van der Waals surface area contributed by atoms with Gasteiger partial charge >= 0.3 is 0 Å². The van der Waals surface area contributed by atoms with E-state index in [9.17, 15) is 8.42 Å². The van der Waals surface area contributed by atoms with Crippen LogP contribution in [0.25, 0.3) is 0 Å². The van der Waals surface area contributed by atoms with Gasteiger partial charge in [-0.2, -0.15) is 0 Å². The second kappa shape index (κ2) is 6.90. The van der Waals surface area contributed by atoms with Gasteiger partial charge in [0.2, 0.25) is 10.0 Å². The van der Waals surface area contributed by atoms with Crippen molar-refractivity contribution >= 4 is 10.0 Å². The molecule has 0 spiro atoms. The number of hydrogen-bond donors (Lipinski definition) is 0. The zero-order valence-corrected chi connectivity index (χ0v) is 12.3. The Morgan fingerprint density at radius 2 is 2.00 bits per heavy atom. The molecule has 0 aromatic carbocycles. The van der Waals surface area contributed by atoms with Crippen molar-refractivity contribution in [1.82, 2.24) is 4.31 Å². The van der Waals surface area contributed by atoms with Gasteiger partial charge in [-0.3, -0.25) is 0 Å². The molecule has 0 bridgehead atoms. The van der Waals surface area contributed by atoms with Gasteiger partial charge in [-0.25, -0.2) is 12.7 Å². The van der Waals surface area contributed by atoms with Crippen LogP contribution < -0.4 is 0 Å². The van der Waals surface area contributed by atoms with E-state index in [-0.39, 0.29) is 0 Å². The molecular formula is C14H23NO2S. The first-order valence-electron chi connectivity index (χ1n) is 6.54. The van der Waals surface area contributed by atoms with Crippen molar-refractivity contribution < 1.29 is 8.42 Å². The minimum atomic E-state index is -3.27. The van der Waals surface area contributed by atoms with Crippen LogP contribution in [0.15, 0.2) is 36.0 Å². The monoisotopic (exact) mass is 269 g/mol. The zero-order valence-electron chi connectivity index (χ0n) is 11.5. The summed E-state index contributed by atoms with van der Waals surface area (Å²) < 4.78 is 26.5. The van der Waals surface area contributed by atoms with Crippen LogP contribution in [0.5, 0.6) is 0 Å². The van der Waals surface area contributed by atoms with Gasteiger partial charge in [-0.1, -0.05) is 56.2 Å². The van der Waals surface area contributed by atoms with Crippen LogP contribution in [-0.2, 0) is 10.0 Å². The number of rotatable bonds is 6. The van der Waals surface area contributed by atoms with Gasteiger partial charge in [0.25, 0.3) is 0 Å². The molecule has 0 amide bonds. The third-order valence-corrected chi connectivity index (χ3v) is 5.19. The van der Waals surface area contributed by atoms with E-state index in [0.29, 0.717) is 13.1 Å². The number of unbranched alkanes of at least 4 members (excludes halogenated alkanes) is 1. The van der Waals surface area contributed by atoms with E-state index < -0.39 is 15.3 Å². The summed E-state index contributed by atoms with van der Waals surface area (Å²) in [5.41, 5.74) is 1.07. The van der Waals surface area contributed by atoms with Crippen molar-refractivity contribution in [2.75, 3.05) is 13.1 Å². The summed E-state index contributed by atoms with van der Waals surface area (Å²) in [7, 11) is -3.27. The SMILES string of the molecule is CCCCN(CC)S(=O)(=O)C1C=CC=C(C)C=C1. The second-order valence-electron chi connectivity index (χ2n) is 4.51. The lowest BCUT2D eigenvalue weighted by Gasteiger charge is -2.23. The smallest absolute Gasteiger partial charge is 0.211 e. The molecule has 102 valence electrons. The summed E-state index contributed by atoms with van der Waals surface area (Å²) >= 11 is 0. The molecule has 0 saturated carbocycles. The Labute approximate surface area is 111 Å². The molecular weight excluding hydrogens is 246 g/mol. The van der Waals surface area contributed by atoms with Crippen LogP contribution in [0.4, 0.5) is 0 Å². The quantitative estimate of drug-likeness (QED) is 0.743. The lowest BCUT2D eigenvalue weighted by atomic mass is 10.3. The van der Waals surface area contributed by atoms with E-state index in [2.05, 4.69) is 6.92 Å². The Kier molecular flexibility index (Phi) is 5.82. The average Bonchev–Trinajstić information content (AvgIpc) is 2.55. The fraction of sp³-hybridized carbons (Fsp3) is 0.571. The first-order chi connectivity index (χ1) is 8.52. The molecule has 0 aromatic rings. The van der Waals surface area contributed by atoms with E-state index >= 15 is 0 Å². The van der Waals surface area contributed by atoms with Crippen molar-refractivity contribution in [2.45, 2.75) is 38.9 Å². The van der Waals surface area contributed by atoms with Gasteiger partial charge in [-0.15, -0.1) is 0 Å². The van der Waals surface area contributed by atoms with E-state index in [1.165, 1.54) is 0 Å². The Hall–Kier alpha value is -0.870. The molecule has 4 heteroatoms. The minimum Gasteiger partial charge on any atom is -0.211 e. The maximum absolute atomic E-state index is 12.5. The third kappa shape index (κ3) is 3.82. The maximum Gasteiger partial charge on any atom is 0.224 e. The van der Waals surface area contributed by atoms with E-state index in [4.69, 9.17) is 0 Å². The molecule has 0 radical (unpaired) electrons. The highest BCUT2D eigenvalue weighted by Gasteiger charge is 2.27. The summed E-state index contributed by atoms with van der Waals surface area (Å²) in [4.78, 5) is 0. The molecule has 3 nitrogen and oxygen atoms in total. The lowest BCUT2D eigenvalue weighted by molar-refractivity contribution is 0.417. The molecule has 18 heavy (non-hydrogen) atoms. The highest BCUT2D eigenvalue weighted by molar-refractivity contribution is 7.90. The predicted molar refractivity (Wildman–Crippen MR) is 76.9 cm³/mol. The van der Waals surface area contributed by atoms with E-state index in [1.807, 2.05) is 32.1 Å². The average molecular weight is 269 g/mol. The van der Waals surface area contributed by atoms with Crippen LogP contribution in [0, 0.1) is 0 Å². The molecule has 0 aliphatic heterocycles. The summed E-state index contributed by atoms with van der Waals surface area (Å²) in [6.07, 6.45) is 11.0. The van der Waals surface area contributed by atoms with Gasteiger partial charge < -0.3 is 0 Å². The summed E-state index contributed by atoms with van der Waals surface area (Å²) in [5, 5.41) is -0.539. The first kappa shape index (κ1) is 15.2. The fourth-order valence-corrected chi connectivity index (χ4v) is 3.51. The summed E-state index contributed by atoms with van der Waals surface area (Å²) in [6, 6.07) is 0. The van der Waals surface area contributed by atoms with Crippen LogP contribution in [0.3, 0.4) is 0 Å². The third-order valence-electron chi connectivity index (χ3n) is 3.03. The summed E-state index contributed by atoms with van der Waals surface area (Å²) in [5.74, 6) is 0.